The minimum atomic E-state index is -4.77. The second kappa shape index (κ2) is 59.8. The summed E-state index contributed by atoms with van der Waals surface area (Å²) in [6.45, 7) is 4.44. The zero-order valence-corrected chi connectivity index (χ0v) is 50.8. The molecule has 12 heteroatoms. The summed E-state index contributed by atoms with van der Waals surface area (Å²) in [7, 11) is -4.77. The van der Waals surface area contributed by atoms with Gasteiger partial charge in [0, 0.05) is 19.3 Å². The van der Waals surface area contributed by atoms with Gasteiger partial charge in [-0.3, -0.25) is 23.4 Å². The fraction of sp³-hybridized carbons (Fsp3) is 0.742. The highest BCUT2D eigenvalue weighted by Gasteiger charge is 2.28. The van der Waals surface area contributed by atoms with Gasteiger partial charge in [-0.15, -0.1) is 0 Å². The van der Waals surface area contributed by atoms with E-state index in [2.05, 4.69) is 93.7 Å². The van der Waals surface area contributed by atoms with Crippen molar-refractivity contribution in [1.82, 2.24) is 0 Å². The van der Waals surface area contributed by atoms with E-state index in [-0.39, 0.29) is 25.9 Å². The van der Waals surface area contributed by atoms with Crippen molar-refractivity contribution in [2.45, 2.75) is 290 Å². The average Bonchev–Trinajstić information content (AvgIpc) is 3.43. The second-order valence-corrected chi connectivity index (χ2v) is 22.3. The molecule has 0 fully saturated rings. The minimum Gasteiger partial charge on any atom is -0.462 e. The van der Waals surface area contributed by atoms with Crippen molar-refractivity contribution in [2.75, 3.05) is 26.4 Å². The van der Waals surface area contributed by atoms with Crippen LogP contribution in [0.1, 0.15) is 278 Å². The molecule has 3 unspecified atom stereocenters. The smallest absolute Gasteiger partial charge is 0.462 e. The van der Waals surface area contributed by atoms with Crippen molar-refractivity contribution >= 4 is 25.7 Å². The number of aliphatic hydroxyl groups is 1. The van der Waals surface area contributed by atoms with Gasteiger partial charge in [0.1, 0.15) is 12.7 Å². The van der Waals surface area contributed by atoms with Crippen molar-refractivity contribution < 1.29 is 52.2 Å². The summed E-state index contributed by atoms with van der Waals surface area (Å²) in [5, 5.41) is 9.85. The molecule has 0 aromatic rings. The molecule has 0 saturated heterocycles. The first-order valence-corrected chi connectivity index (χ1v) is 33.0. The van der Waals surface area contributed by atoms with E-state index < -0.39 is 57.8 Å². The number of unbranched alkanes of at least 4 members (excludes halogenated alkanes) is 27. The van der Waals surface area contributed by atoms with Crippen molar-refractivity contribution in [1.29, 1.82) is 0 Å². The Morgan fingerprint density at radius 2 is 0.692 bits per heavy atom. The lowest BCUT2D eigenvalue weighted by Gasteiger charge is -2.21. The summed E-state index contributed by atoms with van der Waals surface area (Å²) in [6, 6.07) is 0. The van der Waals surface area contributed by atoms with Gasteiger partial charge in [-0.1, -0.05) is 260 Å². The Kier molecular flexibility index (Phi) is 57.2. The first-order chi connectivity index (χ1) is 38.2. The molecule has 78 heavy (non-hydrogen) atoms. The SMILES string of the molecule is CC/C=C\C/C=C\C/C=C\C/C=C\CCC(=O)OCC(COP(=O)(O)OCC(CO)OC(=O)CCCCCCCCCCCCCCCCCCCCC)OC(=O)CCCCCCCC/C=C\C/C=C\C/C=C\CCCCC. The summed E-state index contributed by atoms with van der Waals surface area (Å²) in [6.07, 6.45) is 69.9. The van der Waals surface area contributed by atoms with Crippen LogP contribution in [0.2, 0.25) is 0 Å². The van der Waals surface area contributed by atoms with Crippen LogP contribution in [0.25, 0.3) is 0 Å². The molecule has 0 aliphatic rings. The van der Waals surface area contributed by atoms with Gasteiger partial charge in [-0.2, -0.15) is 0 Å². The van der Waals surface area contributed by atoms with E-state index in [9.17, 15) is 28.9 Å². The first-order valence-electron chi connectivity index (χ1n) is 31.5. The highest BCUT2D eigenvalue weighted by Crippen LogP contribution is 2.43. The molecule has 3 atom stereocenters. The van der Waals surface area contributed by atoms with Crippen LogP contribution in [0.15, 0.2) is 85.1 Å². The maximum absolute atomic E-state index is 12.9. The zero-order chi connectivity index (χ0) is 56.9. The molecule has 0 spiro atoms. The third-order valence-electron chi connectivity index (χ3n) is 13.3. The van der Waals surface area contributed by atoms with E-state index in [1.165, 1.54) is 122 Å². The van der Waals surface area contributed by atoms with Gasteiger partial charge in [0.05, 0.1) is 19.8 Å². The number of hydrogen-bond acceptors (Lipinski definition) is 10. The molecule has 0 rings (SSSR count). The van der Waals surface area contributed by atoms with Gasteiger partial charge in [0.15, 0.2) is 6.10 Å². The Morgan fingerprint density at radius 1 is 0.372 bits per heavy atom. The third kappa shape index (κ3) is 57.3. The quantitative estimate of drug-likeness (QED) is 0.0197. The summed E-state index contributed by atoms with van der Waals surface area (Å²) in [5.74, 6) is -1.57. The van der Waals surface area contributed by atoms with Crippen LogP contribution in [-0.2, 0) is 42.2 Å². The number of esters is 3. The predicted octanol–water partition coefficient (Wildman–Crippen LogP) is 19.0. The van der Waals surface area contributed by atoms with Crippen LogP contribution in [0.4, 0.5) is 0 Å². The van der Waals surface area contributed by atoms with Crippen molar-refractivity contribution in [3.05, 3.63) is 85.1 Å². The Morgan fingerprint density at radius 3 is 1.10 bits per heavy atom. The number of aliphatic hydroxyl groups excluding tert-OH is 1. The Bertz CT molecular complexity index is 1630. The highest BCUT2D eigenvalue weighted by atomic mass is 31.2. The topological polar surface area (TPSA) is 155 Å². The number of carbonyl (C=O) groups is 3. The largest absolute Gasteiger partial charge is 0.472 e. The molecule has 0 aromatic heterocycles. The molecule has 0 aliphatic heterocycles. The standard InChI is InChI=1S/C66H115O11P/c1-4-7-10-13-16-19-22-25-27-29-31-33-35-38-41-44-47-50-53-56-65(69)76-62(58-67)60-74-78(71,72)75-61-63(59-73-64(68)55-52-49-46-43-40-37-24-21-18-15-12-9-6-3)77-66(70)57-54-51-48-45-42-39-36-34-32-30-28-26-23-20-17-14-11-8-5-2/h9,12,17-18,20-21,26,28,32,34,37,40,46,49,62-63,67H,4-8,10-11,13-16,19,22-25,27,29-31,33,35-36,38-39,41-45,47-48,50-61H2,1-3H3,(H,71,72)/b12-9-,20-17-,21-18-,28-26-,34-32-,40-37-,49-46-. The molecule has 0 aromatic carbocycles. The fourth-order valence-corrected chi connectivity index (χ4v) is 9.34. The Hall–Kier alpha value is -3.34. The van der Waals surface area contributed by atoms with Gasteiger partial charge >= 0.3 is 25.7 Å². The van der Waals surface area contributed by atoms with Crippen molar-refractivity contribution in [2.24, 2.45) is 0 Å². The third-order valence-corrected chi connectivity index (χ3v) is 14.3. The van der Waals surface area contributed by atoms with E-state index in [4.69, 9.17) is 23.3 Å². The van der Waals surface area contributed by atoms with Gasteiger partial charge in [0.2, 0.25) is 0 Å². The van der Waals surface area contributed by atoms with Crippen LogP contribution in [0, 0.1) is 0 Å². The normalized spacial score (nSPS) is 13.9. The zero-order valence-electron chi connectivity index (χ0n) is 49.9. The number of phosphoric ester groups is 1. The molecule has 0 saturated carbocycles. The molecule has 0 aliphatic carbocycles. The number of allylic oxidation sites excluding steroid dienone is 14. The van der Waals surface area contributed by atoms with Gasteiger partial charge in [-0.05, 0) is 83.5 Å². The van der Waals surface area contributed by atoms with Crippen LogP contribution in [0.3, 0.4) is 0 Å². The monoisotopic (exact) mass is 1110 g/mol. The predicted molar refractivity (Wildman–Crippen MR) is 325 cm³/mol. The van der Waals surface area contributed by atoms with Gasteiger partial charge < -0.3 is 24.2 Å². The highest BCUT2D eigenvalue weighted by molar-refractivity contribution is 7.47. The number of rotatable bonds is 58. The summed E-state index contributed by atoms with van der Waals surface area (Å²) in [4.78, 5) is 48.6. The number of ether oxygens (including phenoxy) is 3. The summed E-state index contributed by atoms with van der Waals surface area (Å²) in [5.41, 5.74) is 0. The van der Waals surface area contributed by atoms with E-state index in [0.29, 0.717) is 19.3 Å². The van der Waals surface area contributed by atoms with E-state index in [1.807, 2.05) is 12.2 Å². The number of hydrogen-bond donors (Lipinski definition) is 2. The lowest BCUT2D eigenvalue weighted by Crippen LogP contribution is -2.30. The molecule has 0 bridgehead atoms. The lowest BCUT2D eigenvalue weighted by atomic mass is 10.0. The fourth-order valence-electron chi connectivity index (χ4n) is 8.55. The molecule has 450 valence electrons. The van der Waals surface area contributed by atoms with Crippen LogP contribution >= 0.6 is 7.82 Å². The molecular formula is C66H115O11P. The molecule has 0 amide bonds. The maximum Gasteiger partial charge on any atom is 0.472 e. The van der Waals surface area contributed by atoms with Crippen molar-refractivity contribution in [3.63, 3.8) is 0 Å². The van der Waals surface area contributed by atoms with Gasteiger partial charge in [0.25, 0.3) is 0 Å². The molecular weight excluding hydrogens is 1000 g/mol. The summed E-state index contributed by atoms with van der Waals surface area (Å²) < 4.78 is 39.5. The maximum atomic E-state index is 12.9. The summed E-state index contributed by atoms with van der Waals surface area (Å²) >= 11 is 0. The molecule has 0 radical (unpaired) electrons. The second-order valence-electron chi connectivity index (χ2n) is 20.8. The average molecular weight is 1120 g/mol. The minimum absolute atomic E-state index is 0.100. The van der Waals surface area contributed by atoms with E-state index >= 15 is 0 Å². The molecule has 0 heterocycles. The van der Waals surface area contributed by atoms with E-state index in [1.54, 1.807) is 0 Å². The van der Waals surface area contributed by atoms with Crippen LogP contribution in [0.5, 0.6) is 0 Å². The first kappa shape index (κ1) is 74.7. The van der Waals surface area contributed by atoms with Gasteiger partial charge in [-0.25, -0.2) is 4.57 Å². The van der Waals surface area contributed by atoms with Crippen molar-refractivity contribution in [3.8, 4) is 0 Å². The Labute approximate surface area is 477 Å². The van der Waals surface area contributed by atoms with Crippen LogP contribution in [-0.4, -0.2) is 66.5 Å². The number of carbonyl (C=O) groups excluding carboxylic acids is 3. The van der Waals surface area contributed by atoms with Crippen LogP contribution < -0.4 is 0 Å². The Balaban J connectivity index is 4.71. The van der Waals surface area contributed by atoms with E-state index in [0.717, 1.165) is 96.3 Å². The number of phosphoric acid groups is 1. The molecule has 11 nitrogen and oxygen atoms in total. The molecule has 2 N–H and O–H groups in total. The lowest BCUT2D eigenvalue weighted by molar-refractivity contribution is -0.161.